The van der Waals surface area contributed by atoms with Crippen LogP contribution in [0, 0.1) is 5.92 Å². The van der Waals surface area contributed by atoms with Crippen molar-refractivity contribution in [2.75, 3.05) is 32.6 Å². The molecular weight excluding hydrogens is 342 g/mol. The van der Waals surface area contributed by atoms with Gasteiger partial charge < -0.3 is 25.4 Å². The van der Waals surface area contributed by atoms with E-state index >= 15 is 0 Å². The number of nitrogens with one attached hydrogen (secondary N) is 1. The molecule has 0 radical (unpaired) electrons. The molecule has 1 aliphatic heterocycles. The van der Waals surface area contributed by atoms with Crippen molar-refractivity contribution in [3.63, 3.8) is 0 Å². The Bertz CT molecular complexity index is 538. The van der Waals surface area contributed by atoms with Crippen molar-refractivity contribution < 1.29 is 14.3 Å². The van der Waals surface area contributed by atoms with Gasteiger partial charge in [-0.3, -0.25) is 4.79 Å². The Hall–Kier alpha value is -1.66. The zero-order chi connectivity index (χ0) is 17.7. The zero-order valence-corrected chi connectivity index (χ0v) is 16.3. The molecule has 1 aromatic rings. The highest BCUT2D eigenvalue weighted by Gasteiger charge is 2.27. The van der Waals surface area contributed by atoms with Gasteiger partial charge in [0.25, 0.3) is 0 Å². The predicted molar refractivity (Wildman–Crippen MR) is 103 cm³/mol. The lowest BCUT2D eigenvalue weighted by Crippen LogP contribution is -2.50. The average molecular weight is 372 g/mol. The number of hydrogen-bond donors (Lipinski definition) is 2. The second-order valence-electron chi connectivity index (χ2n) is 6.62. The number of likely N-dealkylation sites (tertiary alicyclic amines) is 1. The Morgan fingerprint density at radius 2 is 1.68 bits per heavy atom. The molecule has 7 heteroatoms. The van der Waals surface area contributed by atoms with Crippen LogP contribution in [0.4, 0.5) is 5.69 Å². The number of anilines is 1. The average Bonchev–Trinajstić information content (AvgIpc) is 2.60. The maximum absolute atomic E-state index is 12.3. The van der Waals surface area contributed by atoms with Crippen LogP contribution in [0.3, 0.4) is 0 Å². The predicted octanol–water partition coefficient (Wildman–Crippen LogP) is 2.51. The first-order chi connectivity index (χ1) is 11.4. The van der Waals surface area contributed by atoms with E-state index in [0.29, 0.717) is 6.04 Å². The summed E-state index contributed by atoms with van der Waals surface area (Å²) in [5.41, 5.74) is 6.95. The Kier molecular flexibility index (Phi) is 8.32. The highest BCUT2D eigenvalue weighted by atomic mass is 35.5. The van der Waals surface area contributed by atoms with E-state index in [2.05, 4.69) is 5.32 Å². The molecule has 2 rings (SSSR count). The van der Waals surface area contributed by atoms with E-state index in [-0.39, 0.29) is 24.2 Å². The fourth-order valence-corrected chi connectivity index (χ4v) is 2.87. The third-order valence-corrected chi connectivity index (χ3v) is 4.53. The van der Waals surface area contributed by atoms with E-state index in [1.54, 1.807) is 14.2 Å². The van der Waals surface area contributed by atoms with Crippen molar-refractivity contribution in [1.29, 1.82) is 0 Å². The molecule has 1 fully saturated rings. The van der Waals surface area contributed by atoms with E-state index in [4.69, 9.17) is 15.2 Å². The number of nitrogens with two attached hydrogens (primary N) is 1. The van der Waals surface area contributed by atoms with E-state index in [9.17, 15) is 4.79 Å². The van der Waals surface area contributed by atoms with E-state index in [0.717, 1.165) is 43.1 Å². The number of methoxy groups -OCH3 is 2. The lowest BCUT2D eigenvalue weighted by molar-refractivity contribution is -0.134. The number of amides is 1. The summed E-state index contributed by atoms with van der Waals surface area (Å²) in [4.78, 5) is 14.2. The zero-order valence-electron chi connectivity index (χ0n) is 15.5. The number of nitrogens with zero attached hydrogens (tertiary/aromatic N) is 1. The van der Waals surface area contributed by atoms with Crippen LogP contribution in [0.25, 0.3) is 0 Å². The van der Waals surface area contributed by atoms with Gasteiger partial charge in [0, 0.05) is 43.0 Å². The third-order valence-electron chi connectivity index (χ3n) is 4.53. The Balaban J connectivity index is 0.00000312. The normalized spacial score (nSPS) is 16.2. The minimum atomic E-state index is -0.405. The summed E-state index contributed by atoms with van der Waals surface area (Å²) in [5.74, 6) is 1.74. The summed E-state index contributed by atoms with van der Waals surface area (Å²) in [6, 6.07) is 5.67. The Morgan fingerprint density at radius 3 is 2.12 bits per heavy atom. The van der Waals surface area contributed by atoms with Crippen LogP contribution in [-0.4, -0.2) is 50.2 Å². The van der Waals surface area contributed by atoms with Crippen LogP contribution in [0.15, 0.2) is 18.2 Å². The molecule has 0 bridgehead atoms. The smallest absolute Gasteiger partial charge is 0.239 e. The van der Waals surface area contributed by atoms with Crippen LogP contribution >= 0.6 is 12.4 Å². The van der Waals surface area contributed by atoms with Gasteiger partial charge in [0.1, 0.15) is 11.5 Å². The molecule has 1 saturated heterocycles. The number of hydrogen-bond acceptors (Lipinski definition) is 5. The van der Waals surface area contributed by atoms with Crippen molar-refractivity contribution in [2.24, 2.45) is 11.7 Å². The maximum atomic E-state index is 12.3. The fourth-order valence-electron chi connectivity index (χ4n) is 2.87. The minimum Gasteiger partial charge on any atom is -0.497 e. The van der Waals surface area contributed by atoms with Crippen molar-refractivity contribution >= 4 is 24.0 Å². The standard InChI is InChI=1S/C18H29N3O3.ClH/c1-12(2)17(19)18(22)21-7-5-13(6-8-21)20-14-9-15(23-3)11-16(10-14)24-4;/h9-13,17,20H,5-8,19H2,1-4H3;1H/t17-;/m0./s1. The van der Waals surface area contributed by atoms with Crippen LogP contribution in [0.5, 0.6) is 11.5 Å². The number of benzene rings is 1. The first-order valence-corrected chi connectivity index (χ1v) is 8.48. The number of rotatable bonds is 6. The van der Waals surface area contributed by atoms with Crippen molar-refractivity contribution in [3.8, 4) is 11.5 Å². The number of carbonyl (C=O) groups excluding carboxylic acids is 1. The summed E-state index contributed by atoms with van der Waals surface area (Å²) in [7, 11) is 3.28. The number of piperidine rings is 1. The van der Waals surface area contributed by atoms with Crippen molar-refractivity contribution in [3.05, 3.63) is 18.2 Å². The van der Waals surface area contributed by atoms with Crippen LogP contribution in [0.2, 0.25) is 0 Å². The maximum Gasteiger partial charge on any atom is 0.239 e. The number of ether oxygens (including phenoxy) is 2. The summed E-state index contributed by atoms with van der Waals surface area (Å²) in [5, 5.41) is 3.51. The van der Waals surface area contributed by atoms with E-state index < -0.39 is 6.04 Å². The van der Waals surface area contributed by atoms with Gasteiger partial charge in [0.15, 0.2) is 0 Å². The third kappa shape index (κ3) is 5.68. The largest absolute Gasteiger partial charge is 0.497 e. The molecule has 6 nitrogen and oxygen atoms in total. The quantitative estimate of drug-likeness (QED) is 0.803. The first kappa shape index (κ1) is 21.4. The lowest BCUT2D eigenvalue weighted by Gasteiger charge is -2.35. The van der Waals surface area contributed by atoms with Gasteiger partial charge in [-0.1, -0.05) is 13.8 Å². The summed E-state index contributed by atoms with van der Waals surface area (Å²) >= 11 is 0. The molecule has 0 spiro atoms. The Morgan fingerprint density at radius 1 is 1.16 bits per heavy atom. The summed E-state index contributed by atoms with van der Waals surface area (Å²) < 4.78 is 10.6. The molecular formula is C18H30ClN3O3. The van der Waals surface area contributed by atoms with Crippen molar-refractivity contribution in [1.82, 2.24) is 4.90 Å². The van der Waals surface area contributed by atoms with Gasteiger partial charge >= 0.3 is 0 Å². The second-order valence-corrected chi connectivity index (χ2v) is 6.62. The minimum absolute atomic E-state index is 0. The molecule has 1 atom stereocenters. The molecule has 25 heavy (non-hydrogen) atoms. The molecule has 142 valence electrons. The van der Waals surface area contributed by atoms with Gasteiger partial charge in [-0.05, 0) is 18.8 Å². The lowest BCUT2D eigenvalue weighted by atomic mass is 10.00. The molecule has 0 saturated carbocycles. The van der Waals surface area contributed by atoms with Gasteiger partial charge in [0.05, 0.1) is 20.3 Å². The number of carbonyl (C=O) groups is 1. The highest BCUT2D eigenvalue weighted by molar-refractivity contribution is 5.85. The molecule has 3 N–H and O–H groups in total. The Labute approximate surface area is 156 Å². The van der Waals surface area contributed by atoms with Crippen LogP contribution in [-0.2, 0) is 4.79 Å². The molecule has 1 amide bonds. The molecule has 1 aliphatic rings. The molecule has 0 aromatic heterocycles. The SMILES string of the molecule is COc1cc(NC2CCN(C(=O)[C@@H](N)C(C)C)CC2)cc(OC)c1.Cl. The van der Waals surface area contributed by atoms with Gasteiger partial charge in [0.2, 0.25) is 5.91 Å². The van der Waals surface area contributed by atoms with Gasteiger partial charge in [-0.15, -0.1) is 12.4 Å². The summed E-state index contributed by atoms with van der Waals surface area (Å²) in [6.45, 7) is 5.43. The molecule has 1 aromatic carbocycles. The van der Waals surface area contributed by atoms with Crippen LogP contribution < -0.4 is 20.5 Å². The molecule has 0 aliphatic carbocycles. The monoisotopic (exact) mass is 371 g/mol. The first-order valence-electron chi connectivity index (χ1n) is 8.48. The topological polar surface area (TPSA) is 76.8 Å². The van der Waals surface area contributed by atoms with Gasteiger partial charge in [-0.25, -0.2) is 0 Å². The van der Waals surface area contributed by atoms with Crippen molar-refractivity contribution in [2.45, 2.75) is 38.8 Å². The van der Waals surface area contributed by atoms with Crippen LogP contribution in [0.1, 0.15) is 26.7 Å². The van der Waals surface area contributed by atoms with E-state index in [1.807, 2.05) is 36.9 Å². The molecule has 1 heterocycles. The summed E-state index contributed by atoms with van der Waals surface area (Å²) in [6.07, 6.45) is 1.80. The highest BCUT2D eigenvalue weighted by Crippen LogP contribution is 2.27. The fraction of sp³-hybridized carbons (Fsp3) is 0.611. The van der Waals surface area contributed by atoms with Gasteiger partial charge in [-0.2, -0.15) is 0 Å². The second kappa shape index (κ2) is 9.73. The number of halogens is 1. The molecule has 0 unspecified atom stereocenters. The van der Waals surface area contributed by atoms with E-state index in [1.165, 1.54) is 0 Å².